The maximum Gasteiger partial charge on any atom is 0.326 e. The van der Waals surface area contributed by atoms with Gasteiger partial charge in [0.15, 0.2) is 0 Å². The molecule has 26 heavy (non-hydrogen) atoms. The van der Waals surface area contributed by atoms with Crippen LogP contribution in [0.25, 0.3) is 0 Å². The summed E-state index contributed by atoms with van der Waals surface area (Å²) in [5.41, 5.74) is 0. The van der Waals surface area contributed by atoms with E-state index < -0.39 is 12.0 Å². The van der Waals surface area contributed by atoms with E-state index in [-0.39, 0.29) is 49.2 Å². The van der Waals surface area contributed by atoms with E-state index in [9.17, 15) is 24.3 Å². The summed E-state index contributed by atoms with van der Waals surface area (Å²) >= 11 is 0. The van der Waals surface area contributed by atoms with Gasteiger partial charge in [-0.1, -0.05) is 19.3 Å². The molecule has 1 aliphatic rings. The lowest BCUT2D eigenvalue weighted by molar-refractivity contribution is -0.149. The van der Waals surface area contributed by atoms with Gasteiger partial charge in [0.1, 0.15) is 6.04 Å². The van der Waals surface area contributed by atoms with Crippen molar-refractivity contribution in [2.75, 3.05) is 13.1 Å². The van der Waals surface area contributed by atoms with Gasteiger partial charge in [0.05, 0.1) is 0 Å². The maximum atomic E-state index is 12.5. The van der Waals surface area contributed by atoms with Crippen LogP contribution in [-0.4, -0.2) is 58.9 Å². The van der Waals surface area contributed by atoms with E-state index in [1.54, 1.807) is 6.92 Å². The van der Waals surface area contributed by atoms with Gasteiger partial charge in [0, 0.05) is 38.4 Å². The quantitative estimate of drug-likeness (QED) is 0.558. The number of carbonyl (C=O) groups is 4. The highest BCUT2D eigenvalue weighted by Gasteiger charge is 2.28. The minimum absolute atomic E-state index is 0.00937. The van der Waals surface area contributed by atoms with Gasteiger partial charge in [-0.15, -0.1) is 0 Å². The Morgan fingerprint density at radius 2 is 1.73 bits per heavy atom. The highest BCUT2D eigenvalue weighted by atomic mass is 16.4. The van der Waals surface area contributed by atoms with Crippen molar-refractivity contribution in [2.24, 2.45) is 5.92 Å². The van der Waals surface area contributed by atoms with Crippen LogP contribution in [0.1, 0.15) is 59.3 Å². The Balaban J connectivity index is 2.57. The summed E-state index contributed by atoms with van der Waals surface area (Å²) in [6, 6.07) is -1.38. The molecule has 0 heterocycles. The van der Waals surface area contributed by atoms with Gasteiger partial charge in [-0.05, 0) is 26.7 Å². The second-order valence-electron chi connectivity index (χ2n) is 7.03. The monoisotopic (exact) mass is 369 g/mol. The van der Waals surface area contributed by atoms with Gasteiger partial charge in [0.25, 0.3) is 0 Å². The largest absolute Gasteiger partial charge is 0.480 e. The molecule has 8 nitrogen and oxygen atoms in total. The van der Waals surface area contributed by atoms with Crippen molar-refractivity contribution < 1.29 is 24.3 Å². The molecular weight excluding hydrogens is 338 g/mol. The predicted octanol–water partition coefficient (Wildman–Crippen LogP) is 0.899. The Labute approximate surface area is 154 Å². The molecule has 0 saturated heterocycles. The van der Waals surface area contributed by atoms with Crippen LogP contribution in [0, 0.1) is 5.92 Å². The fourth-order valence-electron chi connectivity index (χ4n) is 3.18. The second kappa shape index (κ2) is 10.8. The zero-order valence-electron chi connectivity index (χ0n) is 15.9. The number of hydrogen-bond acceptors (Lipinski definition) is 4. The van der Waals surface area contributed by atoms with E-state index in [2.05, 4.69) is 10.6 Å². The molecule has 148 valence electrons. The lowest BCUT2D eigenvalue weighted by Gasteiger charge is -2.28. The molecule has 3 N–H and O–H groups in total. The summed E-state index contributed by atoms with van der Waals surface area (Å²) in [6.07, 6.45) is 5.05. The Hall–Kier alpha value is -2.12. The van der Waals surface area contributed by atoms with E-state index in [0.29, 0.717) is 0 Å². The smallest absolute Gasteiger partial charge is 0.326 e. The van der Waals surface area contributed by atoms with E-state index in [1.165, 1.54) is 18.7 Å². The fourth-order valence-corrected chi connectivity index (χ4v) is 3.18. The van der Waals surface area contributed by atoms with Crippen molar-refractivity contribution >= 4 is 23.7 Å². The molecule has 3 amide bonds. The first-order valence-electron chi connectivity index (χ1n) is 9.29. The van der Waals surface area contributed by atoms with Gasteiger partial charge in [-0.2, -0.15) is 0 Å². The number of aliphatic carboxylic acids is 1. The van der Waals surface area contributed by atoms with Crippen molar-refractivity contribution in [3.8, 4) is 0 Å². The summed E-state index contributed by atoms with van der Waals surface area (Å²) < 4.78 is 0. The third kappa shape index (κ3) is 7.41. The van der Waals surface area contributed by atoms with Crippen molar-refractivity contribution in [2.45, 2.75) is 71.4 Å². The normalized spacial score (nSPS) is 17.0. The van der Waals surface area contributed by atoms with E-state index in [1.807, 2.05) is 0 Å². The molecule has 0 radical (unpaired) electrons. The summed E-state index contributed by atoms with van der Waals surface area (Å²) in [7, 11) is 0. The van der Waals surface area contributed by atoms with E-state index in [4.69, 9.17) is 0 Å². The fraction of sp³-hybridized carbons (Fsp3) is 0.778. The van der Waals surface area contributed by atoms with Crippen LogP contribution >= 0.6 is 0 Å². The zero-order chi connectivity index (χ0) is 19.7. The third-order valence-electron chi connectivity index (χ3n) is 4.72. The number of amides is 3. The lowest BCUT2D eigenvalue weighted by atomic mass is 9.88. The zero-order valence-corrected chi connectivity index (χ0v) is 15.9. The van der Waals surface area contributed by atoms with Crippen molar-refractivity contribution in [1.82, 2.24) is 15.5 Å². The molecule has 1 saturated carbocycles. The van der Waals surface area contributed by atoms with Gasteiger partial charge >= 0.3 is 5.97 Å². The SMILES string of the molecule is CC(=O)NCCN(C(=O)CC(C)NC(=O)C1CCCCC1)C(C)C(=O)O. The first-order valence-corrected chi connectivity index (χ1v) is 9.29. The van der Waals surface area contributed by atoms with Crippen LogP contribution in [-0.2, 0) is 19.2 Å². The summed E-state index contributed by atoms with van der Waals surface area (Å²) in [4.78, 5) is 48.3. The number of nitrogens with zero attached hydrogens (tertiary/aromatic N) is 1. The van der Waals surface area contributed by atoms with E-state index in [0.717, 1.165) is 32.1 Å². The molecule has 0 aromatic rings. The Morgan fingerprint density at radius 1 is 1.12 bits per heavy atom. The first kappa shape index (κ1) is 21.9. The molecule has 2 unspecified atom stereocenters. The number of carbonyl (C=O) groups excluding carboxylic acids is 3. The molecular formula is C18H31N3O5. The summed E-state index contributed by atoms with van der Waals surface area (Å²) in [5, 5.41) is 14.6. The first-order chi connectivity index (χ1) is 12.2. The van der Waals surface area contributed by atoms with Crippen molar-refractivity contribution in [3.63, 3.8) is 0 Å². The molecule has 1 aliphatic carbocycles. The Kier molecular flexibility index (Phi) is 9.09. The molecule has 0 aromatic carbocycles. The number of hydrogen-bond donors (Lipinski definition) is 3. The van der Waals surface area contributed by atoms with Crippen LogP contribution in [0.5, 0.6) is 0 Å². The van der Waals surface area contributed by atoms with Crippen LogP contribution in [0.3, 0.4) is 0 Å². The van der Waals surface area contributed by atoms with Gasteiger partial charge in [0.2, 0.25) is 17.7 Å². The Bertz CT molecular complexity index is 517. The highest BCUT2D eigenvalue weighted by molar-refractivity contribution is 5.85. The van der Waals surface area contributed by atoms with Gasteiger partial charge in [-0.25, -0.2) is 4.79 Å². The standard InChI is InChI=1S/C18H31N3O5/c1-12(20-17(24)15-7-5-4-6-8-15)11-16(23)21(13(2)18(25)26)10-9-19-14(3)22/h12-13,15H,4-11H2,1-3H3,(H,19,22)(H,20,24)(H,25,26). The van der Waals surface area contributed by atoms with Gasteiger partial charge < -0.3 is 20.6 Å². The van der Waals surface area contributed by atoms with Crippen molar-refractivity contribution in [3.05, 3.63) is 0 Å². The van der Waals surface area contributed by atoms with Crippen LogP contribution < -0.4 is 10.6 Å². The molecule has 1 fully saturated rings. The molecule has 1 rings (SSSR count). The minimum atomic E-state index is -1.11. The molecule has 0 aliphatic heterocycles. The van der Waals surface area contributed by atoms with E-state index >= 15 is 0 Å². The molecule has 0 spiro atoms. The van der Waals surface area contributed by atoms with Crippen LogP contribution in [0.15, 0.2) is 0 Å². The highest BCUT2D eigenvalue weighted by Crippen LogP contribution is 2.23. The molecule has 0 aromatic heterocycles. The van der Waals surface area contributed by atoms with Crippen molar-refractivity contribution in [1.29, 1.82) is 0 Å². The molecule has 0 bridgehead atoms. The number of carboxylic acid groups (broad SMARTS) is 1. The maximum absolute atomic E-state index is 12.5. The number of nitrogens with one attached hydrogen (secondary N) is 2. The predicted molar refractivity (Wildman–Crippen MR) is 96.3 cm³/mol. The summed E-state index contributed by atoms with van der Waals surface area (Å²) in [5.74, 6) is -1.73. The third-order valence-corrected chi connectivity index (χ3v) is 4.72. The van der Waals surface area contributed by atoms with Crippen LogP contribution in [0.2, 0.25) is 0 Å². The topological polar surface area (TPSA) is 116 Å². The average Bonchev–Trinajstić information content (AvgIpc) is 2.58. The molecule has 2 atom stereocenters. The number of rotatable bonds is 9. The summed E-state index contributed by atoms with van der Waals surface area (Å²) in [6.45, 7) is 4.82. The van der Waals surface area contributed by atoms with Crippen LogP contribution in [0.4, 0.5) is 0 Å². The second-order valence-corrected chi connectivity index (χ2v) is 7.03. The lowest BCUT2D eigenvalue weighted by Crippen LogP contribution is -2.49. The van der Waals surface area contributed by atoms with Gasteiger partial charge in [-0.3, -0.25) is 14.4 Å². The number of carboxylic acids is 1. The Morgan fingerprint density at radius 3 is 2.27 bits per heavy atom. The minimum Gasteiger partial charge on any atom is -0.480 e. The average molecular weight is 369 g/mol. The molecule has 8 heteroatoms.